The Morgan fingerprint density at radius 2 is 2.12 bits per heavy atom. The second-order valence-electron chi connectivity index (χ2n) is 5.08. The molecule has 0 spiro atoms. The molecule has 8 heteroatoms. The number of nitriles is 1. The summed E-state index contributed by atoms with van der Waals surface area (Å²) >= 11 is 0. The molecule has 0 bridgehead atoms. The summed E-state index contributed by atoms with van der Waals surface area (Å²) in [6.07, 6.45) is 0. The van der Waals surface area contributed by atoms with Gasteiger partial charge < -0.3 is 15.4 Å². The summed E-state index contributed by atoms with van der Waals surface area (Å²) in [6.45, 7) is 2.14. The highest BCUT2D eigenvalue weighted by Crippen LogP contribution is 2.21. The van der Waals surface area contributed by atoms with E-state index in [-0.39, 0.29) is 17.2 Å². The molecule has 25 heavy (non-hydrogen) atoms. The average molecular weight is 340 g/mol. The number of non-ortho nitro benzene ring substituents is 1. The maximum atomic E-state index is 11.0. The number of anilines is 2. The zero-order valence-electron chi connectivity index (χ0n) is 13.5. The largest absolute Gasteiger partial charge is 0.492 e. The molecular formula is C17H16N4O4. The molecule has 0 heterocycles. The number of benzene rings is 2. The Morgan fingerprint density at radius 3 is 2.80 bits per heavy atom. The van der Waals surface area contributed by atoms with Crippen LogP contribution in [0.1, 0.15) is 12.5 Å². The summed E-state index contributed by atoms with van der Waals surface area (Å²) in [4.78, 5) is 21.2. The van der Waals surface area contributed by atoms with Crippen molar-refractivity contribution in [1.29, 1.82) is 5.26 Å². The van der Waals surface area contributed by atoms with Gasteiger partial charge in [-0.3, -0.25) is 14.9 Å². The van der Waals surface area contributed by atoms with Crippen LogP contribution >= 0.6 is 0 Å². The van der Waals surface area contributed by atoms with Gasteiger partial charge in [0.25, 0.3) is 5.69 Å². The lowest BCUT2D eigenvalue weighted by atomic mass is 10.1. The predicted molar refractivity (Wildman–Crippen MR) is 92.5 cm³/mol. The lowest BCUT2D eigenvalue weighted by molar-refractivity contribution is -0.384. The Morgan fingerprint density at radius 1 is 1.32 bits per heavy atom. The molecule has 128 valence electrons. The molecule has 2 rings (SSSR count). The topological polar surface area (TPSA) is 117 Å². The molecule has 0 fully saturated rings. The van der Waals surface area contributed by atoms with E-state index in [0.29, 0.717) is 30.3 Å². The van der Waals surface area contributed by atoms with Crippen molar-refractivity contribution in [3.8, 4) is 11.8 Å². The van der Waals surface area contributed by atoms with Crippen LogP contribution in [0.15, 0.2) is 42.5 Å². The number of carbonyl (C=O) groups excluding carboxylic acids is 1. The van der Waals surface area contributed by atoms with Gasteiger partial charge >= 0.3 is 0 Å². The molecule has 0 radical (unpaired) electrons. The van der Waals surface area contributed by atoms with E-state index in [0.717, 1.165) is 0 Å². The first kappa shape index (κ1) is 17.7. The standard InChI is InChI=1S/C17H16N4O4/c1-12(22)20-14-3-2-4-16(10-14)25-8-7-19-17-6-5-15(21(23)24)9-13(17)11-18/h2-6,9-10,19H,7-8H2,1H3,(H,20,22). The summed E-state index contributed by atoms with van der Waals surface area (Å²) in [5.74, 6) is 0.429. The molecule has 2 N–H and O–H groups in total. The Bertz CT molecular complexity index is 830. The van der Waals surface area contributed by atoms with Crippen LogP contribution in [0.2, 0.25) is 0 Å². The molecule has 2 aromatic rings. The van der Waals surface area contributed by atoms with Gasteiger partial charge in [-0.25, -0.2) is 0 Å². The van der Waals surface area contributed by atoms with Gasteiger partial charge in [0.1, 0.15) is 18.4 Å². The molecule has 0 saturated carbocycles. The Labute approximate surface area is 144 Å². The fourth-order valence-corrected chi connectivity index (χ4v) is 2.11. The third kappa shape index (κ3) is 5.21. The summed E-state index contributed by atoms with van der Waals surface area (Å²) in [7, 11) is 0. The predicted octanol–water partition coefficient (Wildman–Crippen LogP) is 2.92. The highest BCUT2D eigenvalue weighted by atomic mass is 16.6. The van der Waals surface area contributed by atoms with Gasteiger partial charge in [-0.15, -0.1) is 0 Å². The molecule has 0 aliphatic heterocycles. The van der Waals surface area contributed by atoms with Crippen molar-refractivity contribution in [2.45, 2.75) is 6.92 Å². The molecular weight excluding hydrogens is 324 g/mol. The molecule has 2 aromatic carbocycles. The van der Waals surface area contributed by atoms with Crippen LogP contribution in [0.4, 0.5) is 17.1 Å². The fourth-order valence-electron chi connectivity index (χ4n) is 2.11. The normalized spacial score (nSPS) is 9.76. The Hall–Kier alpha value is -3.60. The van der Waals surface area contributed by atoms with Crippen LogP contribution in [0.25, 0.3) is 0 Å². The number of amides is 1. The van der Waals surface area contributed by atoms with E-state index in [1.165, 1.54) is 25.1 Å². The van der Waals surface area contributed by atoms with Crippen LogP contribution < -0.4 is 15.4 Å². The van der Waals surface area contributed by atoms with Crippen molar-refractivity contribution in [2.24, 2.45) is 0 Å². The van der Waals surface area contributed by atoms with Gasteiger partial charge in [0.15, 0.2) is 0 Å². The number of nitrogens with one attached hydrogen (secondary N) is 2. The number of hydrogen-bond acceptors (Lipinski definition) is 6. The van der Waals surface area contributed by atoms with E-state index in [2.05, 4.69) is 10.6 Å². The second kappa shape index (κ2) is 8.31. The average Bonchev–Trinajstić information content (AvgIpc) is 2.58. The maximum Gasteiger partial charge on any atom is 0.270 e. The van der Waals surface area contributed by atoms with Crippen molar-refractivity contribution in [2.75, 3.05) is 23.8 Å². The van der Waals surface area contributed by atoms with Crippen molar-refractivity contribution >= 4 is 23.0 Å². The molecule has 0 atom stereocenters. The SMILES string of the molecule is CC(=O)Nc1cccc(OCCNc2ccc([N+](=O)[O-])cc2C#N)c1. The first-order valence-electron chi connectivity index (χ1n) is 7.42. The van der Waals surface area contributed by atoms with Crippen LogP contribution in [0.5, 0.6) is 5.75 Å². The van der Waals surface area contributed by atoms with Crippen LogP contribution in [-0.2, 0) is 4.79 Å². The number of nitro benzene ring substituents is 1. The maximum absolute atomic E-state index is 11.0. The summed E-state index contributed by atoms with van der Waals surface area (Å²) in [6, 6.07) is 13.0. The van der Waals surface area contributed by atoms with Gasteiger partial charge in [0.2, 0.25) is 5.91 Å². The molecule has 0 unspecified atom stereocenters. The fraction of sp³-hybridized carbons (Fsp3) is 0.176. The highest BCUT2D eigenvalue weighted by Gasteiger charge is 2.10. The van der Waals surface area contributed by atoms with Gasteiger partial charge in [-0.1, -0.05) is 6.07 Å². The van der Waals surface area contributed by atoms with Crippen molar-refractivity contribution in [3.05, 3.63) is 58.1 Å². The highest BCUT2D eigenvalue weighted by molar-refractivity contribution is 5.88. The zero-order chi connectivity index (χ0) is 18.2. The number of nitrogens with zero attached hydrogens (tertiary/aromatic N) is 2. The first-order chi connectivity index (χ1) is 12.0. The van der Waals surface area contributed by atoms with Crippen LogP contribution in [0.3, 0.4) is 0 Å². The number of nitro groups is 1. The molecule has 8 nitrogen and oxygen atoms in total. The van der Waals surface area contributed by atoms with Gasteiger partial charge in [0, 0.05) is 37.4 Å². The number of carbonyl (C=O) groups is 1. The first-order valence-corrected chi connectivity index (χ1v) is 7.42. The van der Waals surface area contributed by atoms with E-state index < -0.39 is 4.92 Å². The van der Waals surface area contributed by atoms with E-state index in [9.17, 15) is 14.9 Å². The summed E-state index contributed by atoms with van der Waals surface area (Å²) < 4.78 is 5.58. The van der Waals surface area contributed by atoms with E-state index in [1.54, 1.807) is 24.3 Å². The summed E-state index contributed by atoms with van der Waals surface area (Å²) in [5, 5.41) is 25.5. The van der Waals surface area contributed by atoms with Gasteiger partial charge in [-0.2, -0.15) is 5.26 Å². The van der Waals surface area contributed by atoms with Crippen LogP contribution in [0, 0.1) is 21.4 Å². The minimum absolute atomic E-state index is 0.131. The molecule has 0 aromatic heterocycles. The smallest absolute Gasteiger partial charge is 0.270 e. The summed E-state index contributed by atoms with van der Waals surface area (Å²) in [5.41, 5.74) is 1.21. The van der Waals surface area contributed by atoms with E-state index in [1.807, 2.05) is 6.07 Å². The van der Waals surface area contributed by atoms with Crippen LogP contribution in [-0.4, -0.2) is 24.0 Å². The lowest BCUT2D eigenvalue weighted by Gasteiger charge is -2.11. The zero-order valence-corrected chi connectivity index (χ0v) is 13.5. The number of ether oxygens (including phenoxy) is 1. The molecule has 1 amide bonds. The third-order valence-electron chi connectivity index (χ3n) is 3.18. The minimum atomic E-state index is -0.546. The monoisotopic (exact) mass is 340 g/mol. The molecule has 0 aliphatic carbocycles. The van der Waals surface area contributed by atoms with E-state index >= 15 is 0 Å². The number of hydrogen-bond donors (Lipinski definition) is 2. The Balaban J connectivity index is 1.90. The van der Waals surface area contributed by atoms with Gasteiger partial charge in [0.05, 0.1) is 16.2 Å². The second-order valence-corrected chi connectivity index (χ2v) is 5.08. The number of rotatable bonds is 7. The van der Waals surface area contributed by atoms with E-state index in [4.69, 9.17) is 10.00 Å². The van der Waals surface area contributed by atoms with Gasteiger partial charge in [-0.05, 0) is 18.2 Å². The van der Waals surface area contributed by atoms with Crippen molar-refractivity contribution in [1.82, 2.24) is 0 Å². The third-order valence-corrected chi connectivity index (χ3v) is 3.18. The Kier molecular flexibility index (Phi) is 5.90. The van der Waals surface area contributed by atoms with Crippen molar-refractivity contribution in [3.63, 3.8) is 0 Å². The quantitative estimate of drug-likeness (QED) is 0.454. The minimum Gasteiger partial charge on any atom is -0.492 e. The molecule has 0 saturated heterocycles. The van der Waals surface area contributed by atoms with Crippen molar-refractivity contribution < 1.29 is 14.5 Å². The lowest BCUT2D eigenvalue weighted by Crippen LogP contribution is -2.12. The molecule has 0 aliphatic rings.